The van der Waals surface area contributed by atoms with E-state index in [1.807, 2.05) is 0 Å². The molecule has 0 unspecified atom stereocenters. The number of nitrogens with one attached hydrogen (secondary N) is 3. The molecule has 2 aliphatic carbocycles. The van der Waals surface area contributed by atoms with Gasteiger partial charge in [0.05, 0.1) is 0 Å². The van der Waals surface area contributed by atoms with Crippen molar-refractivity contribution in [3.8, 4) is 0 Å². The van der Waals surface area contributed by atoms with Gasteiger partial charge in [-0.2, -0.15) is 0 Å². The third-order valence-corrected chi connectivity index (χ3v) is 4.06. The quantitative estimate of drug-likeness (QED) is 0.382. The van der Waals surface area contributed by atoms with E-state index in [0.29, 0.717) is 25.0 Å². The fourth-order valence-electron chi connectivity index (χ4n) is 2.72. The van der Waals surface area contributed by atoms with Crippen LogP contribution in [0.3, 0.4) is 0 Å². The van der Waals surface area contributed by atoms with Crippen LogP contribution in [0.25, 0.3) is 0 Å². The van der Waals surface area contributed by atoms with E-state index < -0.39 is 0 Å². The average Bonchev–Trinajstić information content (AvgIpc) is 3.29. The van der Waals surface area contributed by atoms with Gasteiger partial charge in [0.15, 0.2) is 5.96 Å². The van der Waals surface area contributed by atoms with Crippen LogP contribution in [0.1, 0.15) is 64.7 Å². The van der Waals surface area contributed by atoms with E-state index in [9.17, 15) is 4.79 Å². The van der Waals surface area contributed by atoms with Crippen molar-refractivity contribution in [1.29, 1.82) is 0 Å². The molecular weight excluding hydrogens is 264 g/mol. The lowest BCUT2D eigenvalue weighted by Crippen LogP contribution is -2.44. The Labute approximate surface area is 128 Å². The number of hydrogen-bond acceptors (Lipinski definition) is 2. The number of amides is 1. The van der Waals surface area contributed by atoms with Crippen LogP contribution in [0.5, 0.6) is 0 Å². The Balaban J connectivity index is 1.65. The van der Waals surface area contributed by atoms with Crippen LogP contribution in [0.2, 0.25) is 0 Å². The summed E-state index contributed by atoms with van der Waals surface area (Å²) in [6.45, 7) is 3.67. The Kier molecular flexibility index (Phi) is 6.83. The number of rotatable bonds is 7. The highest BCUT2D eigenvalue weighted by Crippen LogP contribution is 2.18. The average molecular weight is 294 g/mol. The minimum absolute atomic E-state index is 0.179. The van der Waals surface area contributed by atoms with Crippen LogP contribution in [-0.2, 0) is 4.79 Å². The summed E-state index contributed by atoms with van der Waals surface area (Å²) in [4.78, 5) is 16.2. The molecule has 0 spiro atoms. The summed E-state index contributed by atoms with van der Waals surface area (Å²) < 4.78 is 0. The lowest BCUT2D eigenvalue weighted by Gasteiger charge is -2.24. The SMILES string of the molecule is CCNC(=NCCCC(=O)NC1CC1)NC1CCCCC1. The molecule has 0 aromatic heterocycles. The van der Waals surface area contributed by atoms with Crippen LogP contribution >= 0.6 is 0 Å². The van der Waals surface area contributed by atoms with Crippen molar-refractivity contribution in [2.75, 3.05) is 13.1 Å². The highest BCUT2D eigenvalue weighted by atomic mass is 16.1. The largest absolute Gasteiger partial charge is 0.357 e. The van der Waals surface area contributed by atoms with Crippen LogP contribution in [0.15, 0.2) is 4.99 Å². The Hall–Kier alpha value is -1.26. The van der Waals surface area contributed by atoms with E-state index in [2.05, 4.69) is 27.9 Å². The molecule has 0 aromatic rings. The molecule has 5 nitrogen and oxygen atoms in total. The van der Waals surface area contributed by atoms with Crippen molar-refractivity contribution in [3.63, 3.8) is 0 Å². The molecule has 21 heavy (non-hydrogen) atoms. The van der Waals surface area contributed by atoms with E-state index in [-0.39, 0.29) is 5.91 Å². The van der Waals surface area contributed by atoms with Crippen LogP contribution in [0, 0.1) is 0 Å². The molecule has 2 aliphatic rings. The van der Waals surface area contributed by atoms with Gasteiger partial charge in [-0.25, -0.2) is 0 Å². The third kappa shape index (κ3) is 6.82. The monoisotopic (exact) mass is 294 g/mol. The molecule has 0 aromatic carbocycles. The second kappa shape index (κ2) is 8.90. The summed E-state index contributed by atoms with van der Waals surface area (Å²) in [6.07, 6.45) is 10.2. The van der Waals surface area contributed by atoms with Crippen molar-refractivity contribution in [2.45, 2.75) is 76.8 Å². The number of hydrogen-bond donors (Lipinski definition) is 3. The van der Waals surface area contributed by atoms with E-state index >= 15 is 0 Å². The van der Waals surface area contributed by atoms with Crippen LogP contribution in [0.4, 0.5) is 0 Å². The first-order valence-corrected chi connectivity index (χ1v) is 8.62. The molecule has 0 saturated heterocycles. The number of guanidine groups is 1. The van der Waals surface area contributed by atoms with E-state index in [0.717, 1.165) is 31.8 Å². The molecule has 2 saturated carbocycles. The molecule has 0 heterocycles. The molecule has 1 amide bonds. The van der Waals surface area contributed by atoms with Gasteiger partial charge < -0.3 is 16.0 Å². The maximum Gasteiger partial charge on any atom is 0.220 e. The van der Waals surface area contributed by atoms with Crippen molar-refractivity contribution in [3.05, 3.63) is 0 Å². The zero-order valence-electron chi connectivity index (χ0n) is 13.3. The molecule has 2 fully saturated rings. The molecule has 3 N–H and O–H groups in total. The predicted octanol–water partition coefficient (Wildman–Crippen LogP) is 1.93. The van der Waals surface area contributed by atoms with Crippen LogP contribution in [-0.4, -0.2) is 37.0 Å². The Morgan fingerprint density at radius 3 is 2.43 bits per heavy atom. The molecular formula is C16H30N4O. The minimum Gasteiger partial charge on any atom is -0.357 e. The number of aliphatic imine (C=N–C) groups is 1. The predicted molar refractivity (Wildman–Crippen MR) is 86.4 cm³/mol. The fraction of sp³-hybridized carbons (Fsp3) is 0.875. The Morgan fingerprint density at radius 1 is 1.05 bits per heavy atom. The highest BCUT2D eigenvalue weighted by molar-refractivity contribution is 5.80. The first-order valence-electron chi connectivity index (χ1n) is 8.62. The number of carbonyl (C=O) groups is 1. The van der Waals surface area contributed by atoms with Crippen molar-refractivity contribution < 1.29 is 4.79 Å². The second-order valence-electron chi connectivity index (χ2n) is 6.19. The van der Waals surface area contributed by atoms with Gasteiger partial charge in [0, 0.05) is 31.6 Å². The van der Waals surface area contributed by atoms with Crippen molar-refractivity contribution in [1.82, 2.24) is 16.0 Å². The molecule has 0 atom stereocenters. The van der Waals surface area contributed by atoms with Crippen molar-refractivity contribution >= 4 is 11.9 Å². The third-order valence-electron chi connectivity index (χ3n) is 4.06. The van der Waals surface area contributed by atoms with Gasteiger partial charge in [-0.15, -0.1) is 0 Å². The summed E-state index contributed by atoms with van der Waals surface area (Å²) in [6, 6.07) is 1.03. The zero-order valence-corrected chi connectivity index (χ0v) is 13.3. The zero-order chi connectivity index (χ0) is 14.9. The summed E-state index contributed by atoms with van der Waals surface area (Å²) in [5, 5.41) is 9.84. The normalized spacial score (nSPS) is 20.1. The Bertz CT molecular complexity index is 346. The highest BCUT2D eigenvalue weighted by Gasteiger charge is 2.22. The molecule has 0 radical (unpaired) electrons. The lowest BCUT2D eigenvalue weighted by atomic mass is 9.96. The standard InChI is InChI=1S/C16H30N4O/c1-2-17-16(20-13-7-4-3-5-8-13)18-12-6-9-15(21)19-14-10-11-14/h13-14H,2-12H2,1H3,(H,19,21)(H2,17,18,20). The second-order valence-corrected chi connectivity index (χ2v) is 6.19. The summed E-state index contributed by atoms with van der Waals surface area (Å²) in [5.41, 5.74) is 0. The smallest absolute Gasteiger partial charge is 0.220 e. The summed E-state index contributed by atoms with van der Waals surface area (Å²) in [7, 11) is 0. The van der Waals surface area contributed by atoms with Gasteiger partial charge >= 0.3 is 0 Å². The van der Waals surface area contributed by atoms with E-state index in [1.54, 1.807) is 0 Å². The molecule has 0 bridgehead atoms. The molecule has 5 heteroatoms. The van der Waals surface area contributed by atoms with Gasteiger partial charge in [0.2, 0.25) is 5.91 Å². The minimum atomic E-state index is 0.179. The van der Waals surface area contributed by atoms with E-state index in [4.69, 9.17) is 0 Å². The first kappa shape index (κ1) is 16.1. The van der Waals surface area contributed by atoms with Crippen molar-refractivity contribution in [2.24, 2.45) is 4.99 Å². The lowest BCUT2D eigenvalue weighted by molar-refractivity contribution is -0.121. The fourth-order valence-corrected chi connectivity index (χ4v) is 2.72. The van der Waals surface area contributed by atoms with Gasteiger partial charge in [-0.3, -0.25) is 9.79 Å². The van der Waals surface area contributed by atoms with Gasteiger partial charge in [-0.1, -0.05) is 19.3 Å². The van der Waals surface area contributed by atoms with Crippen LogP contribution < -0.4 is 16.0 Å². The van der Waals surface area contributed by atoms with Gasteiger partial charge in [0.25, 0.3) is 0 Å². The number of carbonyl (C=O) groups excluding carboxylic acids is 1. The van der Waals surface area contributed by atoms with E-state index in [1.165, 1.54) is 32.1 Å². The maximum absolute atomic E-state index is 11.6. The molecule has 2 rings (SSSR count). The topological polar surface area (TPSA) is 65.5 Å². The molecule has 0 aliphatic heterocycles. The number of nitrogens with zero attached hydrogens (tertiary/aromatic N) is 1. The Morgan fingerprint density at radius 2 is 1.76 bits per heavy atom. The maximum atomic E-state index is 11.6. The van der Waals surface area contributed by atoms with Gasteiger partial charge in [0.1, 0.15) is 0 Å². The molecule has 120 valence electrons. The summed E-state index contributed by atoms with van der Waals surface area (Å²) >= 11 is 0. The first-order chi connectivity index (χ1) is 10.3. The van der Waals surface area contributed by atoms with Gasteiger partial charge in [-0.05, 0) is 39.0 Å². The summed E-state index contributed by atoms with van der Waals surface area (Å²) in [5.74, 6) is 1.09.